The Morgan fingerprint density at radius 1 is 1.75 bits per heavy atom. The van der Waals surface area contributed by atoms with Crippen LogP contribution < -0.4 is 5.32 Å². The van der Waals surface area contributed by atoms with E-state index in [4.69, 9.17) is 0 Å². The molecule has 3 atom stereocenters. The molecule has 3 heteroatoms. The molecule has 70 valence electrons. The molecule has 1 amide bonds. The first kappa shape index (κ1) is 10.0. The van der Waals surface area contributed by atoms with Crippen LogP contribution in [-0.2, 0) is 4.79 Å². The molecular formula is C9H16BrNO. The first-order valence-corrected chi connectivity index (χ1v) is 5.61. The minimum absolute atomic E-state index is 0.246. The second kappa shape index (κ2) is 4.26. The Kier molecular flexibility index (Phi) is 3.56. The van der Waals surface area contributed by atoms with Gasteiger partial charge >= 0.3 is 0 Å². The number of hydrogen-bond donors (Lipinski definition) is 1. The summed E-state index contributed by atoms with van der Waals surface area (Å²) in [4.78, 5) is 11.3. The maximum Gasteiger partial charge on any atom is 0.223 e. The first-order valence-electron chi connectivity index (χ1n) is 4.48. The molecule has 0 aliphatic heterocycles. The summed E-state index contributed by atoms with van der Waals surface area (Å²) in [5, 5.41) is 3.91. The molecule has 1 rings (SSSR count). The van der Waals surface area contributed by atoms with Crippen molar-refractivity contribution in [3.05, 3.63) is 0 Å². The minimum atomic E-state index is 0.246. The zero-order valence-electron chi connectivity index (χ0n) is 7.64. The summed E-state index contributed by atoms with van der Waals surface area (Å²) in [5.41, 5.74) is 0. The standard InChI is InChI=1S/C9H16BrNO/c1-6(4-10)5-11-9(12)8-3-7(8)2/h6-8H,3-5H2,1-2H3,(H,11,12). The van der Waals surface area contributed by atoms with Gasteiger partial charge in [-0.05, 0) is 18.3 Å². The SMILES string of the molecule is CC(CBr)CNC(=O)C1CC1C. The van der Waals surface area contributed by atoms with Crippen molar-refractivity contribution in [2.75, 3.05) is 11.9 Å². The summed E-state index contributed by atoms with van der Waals surface area (Å²) in [5.74, 6) is 1.70. The van der Waals surface area contributed by atoms with Crippen LogP contribution in [0, 0.1) is 17.8 Å². The van der Waals surface area contributed by atoms with E-state index < -0.39 is 0 Å². The summed E-state index contributed by atoms with van der Waals surface area (Å²) in [6.07, 6.45) is 1.08. The quantitative estimate of drug-likeness (QED) is 0.738. The van der Waals surface area contributed by atoms with Crippen LogP contribution in [0.25, 0.3) is 0 Å². The van der Waals surface area contributed by atoms with Gasteiger partial charge in [0.1, 0.15) is 0 Å². The van der Waals surface area contributed by atoms with E-state index in [2.05, 4.69) is 35.1 Å². The van der Waals surface area contributed by atoms with Crippen molar-refractivity contribution in [3.63, 3.8) is 0 Å². The topological polar surface area (TPSA) is 29.1 Å². The van der Waals surface area contributed by atoms with Gasteiger partial charge in [0.2, 0.25) is 5.91 Å². The lowest BCUT2D eigenvalue weighted by molar-refractivity contribution is -0.122. The van der Waals surface area contributed by atoms with Crippen LogP contribution in [0.2, 0.25) is 0 Å². The molecular weight excluding hydrogens is 218 g/mol. The Bertz CT molecular complexity index is 172. The van der Waals surface area contributed by atoms with Gasteiger partial charge in [0, 0.05) is 17.8 Å². The van der Waals surface area contributed by atoms with Crippen LogP contribution in [0.5, 0.6) is 0 Å². The minimum Gasteiger partial charge on any atom is -0.356 e. The highest BCUT2D eigenvalue weighted by atomic mass is 79.9. The van der Waals surface area contributed by atoms with E-state index in [0.717, 1.165) is 18.3 Å². The highest BCUT2D eigenvalue weighted by molar-refractivity contribution is 9.09. The maximum absolute atomic E-state index is 11.3. The molecule has 2 nitrogen and oxygen atoms in total. The third kappa shape index (κ3) is 2.77. The summed E-state index contributed by atoms with van der Waals surface area (Å²) in [6.45, 7) is 5.04. The Labute approximate surface area is 82.2 Å². The predicted octanol–water partition coefficient (Wildman–Crippen LogP) is 1.79. The number of amides is 1. The molecule has 0 heterocycles. The van der Waals surface area contributed by atoms with E-state index in [1.165, 1.54) is 0 Å². The molecule has 1 aliphatic rings. The van der Waals surface area contributed by atoms with E-state index in [1.807, 2.05) is 0 Å². The average Bonchev–Trinajstić information content (AvgIpc) is 2.77. The van der Waals surface area contributed by atoms with Crippen LogP contribution in [0.15, 0.2) is 0 Å². The summed E-state index contributed by atoms with van der Waals surface area (Å²) < 4.78 is 0. The van der Waals surface area contributed by atoms with Gasteiger partial charge in [0.15, 0.2) is 0 Å². The third-order valence-corrected chi connectivity index (χ3v) is 3.44. The lowest BCUT2D eigenvalue weighted by atomic mass is 10.2. The lowest BCUT2D eigenvalue weighted by Gasteiger charge is -2.08. The van der Waals surface area contributed by atoms with Crippen molar-refractivity contribution in [2.45, 2.75) is 20.3 Å². The van der Waals surface area contributed by atoms with E-state index in [-0.39, 0.29) is 5.91 Å². The van der Waals surface area contributed by atoms with Gasteiger partial charge in [0.25, 0.3) is 0 Å². The molecule has 0 saturated heterocycles. The zero-order valence-corrected chi connectivity index (χ0v) is 9.23. The Morgan fingerprint density at radius 3 is 2.75 bits per heavy atom. The Hall–Kier alpha value is -0.0500. The molecule has 0 radical (unpaired) electrons. The molecule has 0 bridgehead atoms. The molecule has 3 unspecified atom stereocenters. The summed E-state index contributed by atoms with van der Waals surface area (Å²) >= 11 is 3.38. The van der Waals surface area contributed by atoms with Gasteiger partial charge in [-0.25, -0.2) is 0 Å². The van der Waals surface area contributed by atoms with E-state index in [0.29, 0.717) is 17.8 Å². The first-order chi connectivity index (χ1) is 5.65. The van der Waals surface area contributed by atoms with Crippen LogP contribution in [0.1, 0.15) is 20.3 Å². The van der Waals surface area contributed by atoms with Crippen LogP contribution in [0.3, 0.4) is 0 Å². The largest absolute Gasteiger partial charge is 0.356 e. The van der Waals surface area contributed by atoms with Crippen molar-refractivity contribution in [1.82, 2.24) is 5.32 Å². The number of rotatable bonds is 4. The molecule has 1 fully saturated rings. The van der Waals surface area contributed by atoms with Crippen molar-refractivity contribution < 1.29 is 4.79 Å². The van der Waals surface area contributed by atoms with E-state index in [9.17, 15) is 4.79 Å². The number of halogens is 1. The molecule has 1 N–H and O–H groups in total. The smallest absolute Gasteiger partial charge is 0.223 e. The second-order valence-corrected chi connectivity index (χ2v) is 4.47. The van der Waals surface area contributed by atoms with E-state index in [1.54, 1.807) is 0 Å². The molecule has 1 saturated carbocycles. The van der Waals surface area contributed by atoms with Crippen molar-refractivity contribution in [2.24, 2.45) is 17.8 Å². The molecule has 1 aliphatic carbocycles. The van der Waals surface area contributed by atoms with E-state index >= 15 is 0 Å². The summed E-state index contributed by atoms with van der Waals surface area (Å²) in [6, 6.07) is 0. The number of hydrogen-bond acceptors (Lipinski definition) is 1. The van der Waals surface area contributed by atoms with Gasteiger partial charge in [-0.1, -0.05) is 29.8 Å². The van der Waals surface area contributed by atoms with Crippen molar-refractivity contribution in [1.29, 1.82) is 0 Å². The van der Waals surface area contributed by atoms with Gasteiger partial charge in [-0.3, -0.25) is 4.79 Å². The maximum atomic E-state index is 11.3. The van der Waals surface area contributed by atoms with Crippen molar-refractivity contribution in [3.8, 4) is 0 Å². The lowest BCUT2D eigenvalue weighted by Crippen LogP contribution is -2.30. The van der Waals surface area contributed by atoms with Crippen molar-refractivity contribution >= 4 is 21.8 Å². The normalized spacial score (nSPS) is 29.6. The van der Waals surface area contributed by atoms with Gasteiger partial charge in [0.05, 0.1) is 0 Å². The molecule has 0 aromatic heterocycles. The van der Waals surface area contributed by atoms with Gasteiger partial charge < -0.3 is 5.32 Å². The molecule has 12 heavy (non-hydrogen) atoms. The highest BCUT2D eigenvalue weighted by Crippen LogP contribution is 2.37. The second-order valence-electron chi connectivity index (χ2n) is 3.82. The van der Waals surface area contributed by atoms with Gasteiger partial charge in [-0.15, -0.1) is 0 Å². The Morgan fingerprint density at radius 2 is 2.33 bits per heavy atom. The highest BCUT2D eigenvalue weighted by Gasteiger charge is 2.38. The summed E-state index contributed by atoms with van der Waals surface area (Å²) in [7, 11) is 0. The monoisotopic (exact) mass is 233 g/mol. The number of alkyl halides is 1. The van der Waals surface area contributed by atoms with Crippen LogP contribution in [-0.4, -0.2) is 17.8 Å². The molecule has 0 aromatic rings. The average molecular weight is 234 g/mol. The fraction of sp³-hybridized carbons (Fsp3) is 0.889. The fourth-order valence-electron chi connectivity index (χ4n) is 1.15. The van der Waals surface area contributed by atoms with Gasteiger partial charge in [-0.2, -0.15) is 0 Å². The van der Waals surface area contributed by atoms with Crippen LogP contribution in [0.4, 0.5) is 0 Å². The molecule has 0 aromatic carbocycles. The molecule has 0 spiro atoms. The number of carbonyl (C=O) groups excluding carboxylic acids is 1. The number of carbonyl (C=O) groups is 1. The number of nitrogens with one attached hydrogen (secondary N) is 1. The fourth-order valence-corrected chi connectivity index (χ4v) is 1.38. The Balaban J connectivity index is 2.11. The predicted molar refractivity (Wildman–Crippen MR) is 53.2 cm³/mol. The third-order valence-electron chi connectivity index (χ3n) is 2.33. The van der Waals surface area contributed by atoms with Crippen LogP contribution >= 0.6 is 15.9 Å². The zero-order chi connectivity index (χ0) is 9.14.